The number of ether oxygens (including phenoxy) is 1. The van der Waals surface area contributed by atoms with Gasteiger partial charge in [0.25, 0.3) is 11.6 Å². The minimum absolute atomic E-state index is 0.0412. The fraction of sp³-hybridized carbons (Fsp3) is 0.0870. The first-order valence-electron chi connectivity index (χ1n) is 9.76. The lowest BCUT2D eigenvalue weighted by molar-refractivity contribution is -0.384. The minimum Gasteiger partial charge on any atom is -0.494 e. The number of hydrogen-bond donors (Lipinski definition) is 0. The first kappa shape index (κ1) is 21.3. The van der Waals surface area contributed by atoms with Gasteiger partial charge >= 0.3 is 0 Å². The number of carbonyl (C=O) groups is 1. The second-order valence-corrected chi connectivity index (χ2v) is 7.62. The summed E-state index contributed by atoms with van der Waals surface area (Å²) in [4.78, 5) is 34.6. The van der Waals surface area contributed by atoms with Crippen LogP contribution in [0.2, 0.25) is 0 Å². The third-order valence-corrected chi connectivity index (χ3v) is 5.42. The molecule has 0 aliphatic carbocycles. The molecular weight excluding hydrogens is 428 g/mol. The van der Waals surface area contributed by atoms with Gasteiger partial charge in [-0.2, -0.15) is 0 Å². The van der Waals surface area contributed by atoms with E-state index in [2.05, 4.69) is 9.98 Å². The molecule has 8 nitrogen and oxygen atoms in total. The summed E-state index contributed by atoms with van der Waals surface area (Å²) in [5.74, 6) is 0.891. The average Bonchev–Trinajstić information content (AvgIpc) is 3.10. The molecule has 9 heteroatoms. The van der Waals surface area contributed by atoms with E-state index in [0.29, 0.717) is 39.5 Å². The lowest BCUT2D eigenvalue weighted by atomic mass is 10.2. The molecule has 0 N–H and O–H groups in total. The zero-order valence-corrected chi connectivity index (χ0v) is 17.9. The molecule has 32 heavy (non-hydrogen) atoms. The van der Waals surface area contributed by atoms with Gasteiger partial charge < -0.3 is 4.74 Å². The Morgan fingerprint density at radius 3 is 2.66 bits per heavy atom. The van der Waals surface area contributed by atoms with Crippen LogP contribution in [-0.2, 0) is 4.79 Å². The third-order valence-electron chi connectivity index (χ3n) is 4.45. The van der Waals surface area contributed by atoms with Crippen molar-refractivity contribution in [1.82, 2.24) is 4.98 Å². The van der Waals surface area contributed by atoms with Gasteiger partial charge in [0.05, 0.1) is 22.1 Å². The standard InChI is InChI=1S/C23H18N4O4S/c1-2-31-19-11-9-17(10-12-19)26-22(28)20(15-16-6-5-7-18(14-16)27(29)30)32-23(26)25-21-8-3-4-13-24-21/h3-15H,2H2,1H3/b20-15-,25-23-. The molecule has 1 amide bonds. The average molecular weight is 446 g/mol. The van der Waals surface area contributed by atoms with Gasteiger partial charge in [0.2, 0.25) is 0 Å². The van der Waals surface area contributed by atoms with E-state index in [1.807, 2.05) is 13.0 Å². The number of nitrogens with zero attached hydrogens (tertiary/aromatic N) is 4. The summed E-state index contributed by atoms with van der Waals surface area (Å²) in [6, 6.07) is 18.6. The van der Waals surface area contributed by atoms with E-state index in [0.717, 1.165) is 0 Å². The number of nitro benzene ring substituents is 1. The number of benzene rings is 2. The Balaban J connectivity index is 1.74. The molecule has 0 spiro atoms. The highest BCUT2D eigenvalue weighted by Gasteiger charge is 2.35. The predicted octanol–water partition coefficient (Wildman–Crippen LogP) is 5.20. The lowest BCUT2D eigenvalue weighted by Crippen LogP contribution is -2.28. The highest BCUT2D eigenvalue weighted by Crippen LogP contribution is 2.37. The van der Waals surface area contributed by atoms with Crippen molar-refractivity contribution in [2.75, 3.05) is 11.5 Å². The van der Waals surface area contributed by atoms with Gasteiger partial charge in [-0.25, -0.2) is 9.98 Å². The number of amides is 1. The molecule has 3 aromatic rings. The largest absolute Gasteiger partial charge is 0.494 e. The van der Waals surface area contributed by atoms with Crippen LogP contribution in [0.4, 0.5) is 17.2 Å². The van der Waals surface area contributed by atoms with E-state index in [1.165, 1.54) is 28.8 Å². The Labute approximate surface area is 188 Å². The highest BCUT2D eigenvalue weighted by atomic mass is 32.2. The topological polar surface area (TPSA) is 97.9 Å². The van der Waals surface area contributed by atoms with Crippen molar-refractivity contribution in [3.8, 4) is 5.75 Å². The molecule has 1 aliphatic heterocycles. The number of amidine groups is 1. The number of rotatable bonds is 6. The molecule has 0 saturated carbocycles. The van der Waals surface area contributed by atoms with Crippen LogP contribution in [0.25, 0.3) is 6.08 Å². The second kappa shape index (κ2) is 9.44. The molecule has 2 aromatic carbocycles. The van der Waals surface area contributed by atoms with Crippen molar-refractivity contribution in [2.24, 2.45) is 4.99 Å². The minimum atomic E-state index is -0.466. The lowest BCUT2D eigenvalue weighted by Gasteiger charge is -2.16. The summed E-state index contributed by atoms with van der Waals surface area (Å²) >= 11 is 1.19. The van der Waals surface area contributed by atoms with Crippen molar-refractivity contribution in [3.63, 3.8) is 0 Å². The Hall–Kier alpha value is -3.98. The fourth-order valence-corrected chi connectivity index (χ4v) is 4.02. The van der Waals surface area contributed by atoms with Crippen molar-refractivity contribution < 1.29 is 14.5 Å². The van der Waals surface area contributed by atoms with Crippen LogP contribution in [0.3, 0.4) is 0 Å². The van der Waals surface area contributed by atoms with Crippen LogP contribution in [0.15, 0.2) is 82.8 Å². The number of carbonyl (C=O) groups excluding carboxylic acids is 1. The normalized spacial score (nSPS) is 16.0. The Morgan fingerprint density at radius 1 is 1.16 bits per heavy atom. The van der Waals surface area contributed by atoms with Crippen LogP contribution in [0, 0.1) is 10.1 Å². The van der Waals surface area contributed by atoms with E-state index < -0.39 is 4.92 Å². The Bertz CT molecular complexity index is 1210. The monoisotopic (exact) mass is 446 g/mol. The zero-order chi connectivity index (χ0) is 22.5. The highest BCUT2D eigenvalue weighted by molar-refractivity contribution is 8.19. The summed E-state index contributed by atoms with van der Waals surface area (Å²) < 4.78 is 5.49. The molecule has 160 valence electrons. The molecule has 0 bridgehead atoms. The number of aliphatic imine (C=N–C) groups is 1. The quantitative estimate of drug-likeness (QED) is 0.293. The van der Waals surface area contributed by atoms with Crippen molar-refractivity contribution >= 4 is 46.1 Å². The molecule has 1 aromatic heterocycles. The molecule has 1 saturated heterocycles. The smallest absolute Gasteiger partial charge is 0.271 e. The molecule has 0 unspecified atom stereocenters. The number of thioether (sulfide) groups is 1. The third kappa shape index (κ3) is 4.68. The van der Waals surface area contributed by atoms with Gasteiger partial charge in [0, 0.05) is 18.3 Å². The summed E-state index contributed by atoms with van der Waals surface area (Å²) in [6.45, 7) is 2.44. The maximum Gasteiger partial charge on any atom is 0.271 e. The maximum atomic E-state index is 13.3. The SMILES string of the molecule is CCOc1ccc(N2C(=O)/C(=C/c3cccc([N+](=O)[O-])c3)S/C2=N\c2ccccn2)cc1. The van der Waals surface area contributed by atoms with Gasteiger partial charge in [0.1, 0.15) is 5.75 Å². The second-order valence-electron chi connectivity index (χ2n) is 6.61. The number of non-ortho nitro benzene ring substituents is 1. The van der Waals surface area contributed by atoms with Crippen LogP contribution >= 0.6 is 11.8 Å². The molecule has 4 rings (SSSR count). The van der Waals surface area contributed by atoms with E-state index >= 15 is 0 Å². The number of hydrogen-bond acceptors (Lipinski definition) is 7. The van der Waals surface area contributed by atoms with E-state index in [9.17, 15) is 14.9 Å². The Kier molecular flexibility index (Phi) is 6.27. The van der Waals surface area contributed by atoms with Crippen LogP contribution in [-0.4, -0.2) is 27.6 Å². The van der Waals surface area contributed by atoms with Gasteiger partial charge in [-0.05, 0) is 66.7 Å². The van der Waals surface area contributed by atoms with Crippen LogP contribution in [0.1, 0.15) is 12.5 Å². The van der Waals surface area contributed by atoms with Crippen LogP contribution in [0.5, 0.6) is 5.75 Å². The van der Waals surface area contributed by atoms with E-state index in [4.69, 9.17) is 4.74 Å². The summed E-state index contributed by atoms with van der Waals surface area (Å²) in [6.07, 6.45) is 3.25. The van der Waals surface area contributed by atoms with E-state index in [-0.39, 0.29) is 11.6 Å². The molecule has 1 aliphatic rings. The first-order chi connectivity index (χ1) is 15.5. The maximum absolute atomic E-state index is 13.3. The van der Waals surface area contributed by atoms with Gasteiger partial charge in [0.15, 0.2) is 11.0 Å². The first-order valence-corrected chi connectivity index (χ1v) is 10.6. The molecule has 0 atom stereocenters. The predicted molar refractivity (Wildman–Crippen MR) is 125 cm³/mol. The number of anilines is 1. The fourth-order valence-electron chi connectivity index (χ4n) is 3.03. The molecule has 1 fully saturated rings. The zero-order valence-electron chi connectivity index (χ0n) is 17.0. The van der Waals surface area contributed by atoms with Gasteiger partial charge in [-0.1, -0.05) is 18.2 Å². The summed E-state index contributed by atoms with van der Waals surface area (Å²) in [7, 11) is 0. The number of aromatic nitrogens is 1. The number of pyridine rings is 1. The van der Waals surface area contributed by atoms with Crippen molar-refractivity contribution in [3.05, 3.63) is 93.5 Å². The Morgan fingerprint density at radius 2 is 1.97 bits per heavy atom. The number of nitro groups is 1. The van der Waals surface area contributed by atoms with Gasteiger partial charge in [-0.3, -0.25) is 19.8 Å². The van der Waals surface area contributed by atoms with Crippen molar-refractivity contribution in [2.45, 2.75) is 6.92 Å². The van der Waals surface area contributed by atoms with E-state index in [1.54, 1.807) is 60.8 Å². The summed E-state index contributed by atoms with van der Waals surface area (Å²) in [5, 5.41) is 11.5. The van der Waals surface area contributed by atoms with Crippen molar-refractivity contribution in [1.29, 1.82) is 0 Å². The molecular formula is C23H18N4O4S. The van der Waals surface area contributed by atoms with Gasteiger partial charge in [-0.15, -0.1) is 0 Å². The van der Waals surface area contributed by atoms with Crippen LogP contribution < -0.4 is 9.64 Å². The summed E-state index contributed by atoms with van der Waals surface area (Å²) in [5.41, 5.74) is 1.14. The molecule has 0 radical (unpaired) electrons. The molecule has 2 heterocycles.